The van der Waals surface area contributed by atoms with Crippen LogP contribution in [0.5, 0.6) is 0 Å². The number of nitrogens with zero attached hydrogens (tertiary/aromatic N) is 4. The van der Waals surface area contributed by atoms with Crippen LogP contribution in [-0.4, -0.2) is 58.8 Å². The van der Waals surface area contributed by atoms with Gasteiger partial charge in [0.15, 0.2) is 0 Å². The Bertz CT molecular complexity index is 757. The van der Waals surface area contributed by atoms with Gasteiger partial charge in [0.25, 0.3) is 0 Å². The Morgan fingerprint density at radius 3 is 2.46 bits per heavy atom. The fraction of sp³-hybridized carbons (Fsp3) is 0.500. The summed E-state index contributed by atoms with van der Waals surface area (Å²) < 4.78 is 0. The molecule has 0 spiro atoms. The van der Waals surface area contributed by atoms with E-state index in [-0.39, 0.29) is 6.10 Å². The Labute approximate surface area is 160 Å². The molecule has 1 fully saturated rings. The summed E-state index contributed by atoms with van der Waals surface area (Å²) in [6.45, 7) is 10.2. The van der Waals surface area contributed by atoms with Gasteiger partial charge in [0.1, 0.15) is 11.6 Å². The first-order valence-electron chi connectivity index (χ1n) is 9.17. The Hall–Kier alpha value is -1.69. The van der Waals surface area contributed by atoms with Crippen LogP contribution in [0.25, 0.3) is 0 Å². The number of hydrogen-bond donors (Lipinski definition) is 1. The lowest BCUT2D eigenvalue weighted by Crippen LogP contribution is -2.48. The van der Waals surface area contributed by atoms with E-state index >= 15 is 0 Å². The summed E-state index contributed by atoms with van der Waals surface area (Å²) in [4.78, 5) is 14.0. The van der Waals surface area contributed by atoms with Crippen LogP contribution in [0.3, 0.4) is 0 Å². The number of aliphatic hydroxyl groups excluding tert-OH is 1. The van der Waals surface area contributed by atoms with Gasteiger partial charge >= 0.3 is 0 Å². The van der Waals surface area contributed by atoms with Gasteiger partial charge < -0.3 is 10.0 Å². The molecule has 0 bridgehead atoms. The van der Waals surface area contributed by atoms with Gasteiger partial charge in [0.2, 0.25) is 0 Å². The van der Waals surface area contributed by atoms with Gasteiger partial charge in [0, 0.05) is 55.4 Å². The van der Waals surface area contributed by atoms with Crippen molar-refractivity contribution in [2.75, 3.05) is 37.6 Å². The molecule has 6 heteroatoms. The smallest absolute Gasteiger partial charge is 0.136 e. The lowest BCUT2D eigenvalue weighted by atomic mass is 10.0. The molecule has 140 valence electrons. The first-order valence-corrected chi connectivity index (χ1v) is 9.54. The molecule has 3 rings (SSSR count). The largest absolute Gasteiger partial charge is 0.392 e. The van der Waals surface area contributed by atoms with E-state index in [4.69, 9.17) is 16.6 Å². The average Bonchev–Trinajstić information content (AvgIpc) is 2.59. The molecule has 0 unspecified atom stereocenters. The minimum Gasteiger partial charge on any atom is -0.392 e. The number of β-amino-alcohol motifs (C(OH)–C–C–N with tert-alkyl or cyclic N) is 1. The summed E-state index contributed by atoms with van der Waals surface area (Å²) in [5, 5.41) is 10.4. The fourth-order valence-corrected chi connectivity index (χ4v) is 3.74. The first kappa shape index (κ1) is 19.1. The highest BCUT2D eigenvalue weighted by Gasteiger charge is 2.23. The second kappa shape index (κ2) is 8.33. The van der Waals surface area contributed by atoms with Gasteiger partial charge in [-0.3, -0.25) is 4.90 Å². The van der Waals surface area contributed by atoms with E-state index in [1.54, 1.807) is 0 Å². The van der Waals surface area contributed by atoms with Crippen molar-refractivity contribution in [3.8, 4) is 0 Å². The number of benzene rings is 1. The molecule has 1 saturated heterocycles. The maximum absolute atomic E-state index is 9.61. The van der Waals surface area contributed by atoms with Gasteiger partial charge in [-0.1, -0.05) is 29.8 Å². The van der Waals surface area contributed by atoms with Crippen molar-refractivity contribution in [3.05, 3.63) is 51.9 Å². The third-order valence-corrected chi connectivity index (χ3v) is 5.19. The highest BCUT2D eigenvalue weighted by Crippen LogP contribution is 2.27. The molecule has 1 aromatic heterocycles. The average molecular weight is 375 g/mol. The Morgan fingerprint density at radius 1 is 1.12 bits per heavy atom. The highest BCUT2D eigenvalue weighted by atomic mass is 35.5. The molecule has 0 amide bonds. The maximum atomic E-state index is 9.61. The summed E-state index contributed by atoms with van der Waals surface area (Å²) in [6, 6.07) is 7.95. The molecule has 0 saturated carbocycles. The van der Waals surface area contributed by atoms with Crippen molar-refractivity contribution in [3.63, 3.8) is 0 Å². The summed E-state index contributed by atoms with van der Waals surface area (Å²) >= 11 is 6.38. The number of aryl methyl sites for hydroxylation is 2. The molecular formula is C20H27ClN4O. The van der Waals surface area contributed by atoms with E-state index in [1.807, 2.05) is 39.0 Å². The molecule has 1 aromatic carbocycles. The van der Waals surface area contributed by atoms with Gasteiger partial charge in [0.05, 0.1) is 6.10 Å². The van der Waals surface area contributed by atoms with Crippen molar-refractivity contribution in [1.29, 1.82) is 0 Å². The standard InChI is InChI=1S/C20H27ClN4O/c1-14(26)13-24-8-10-25(11-9-24)20-18(15(2)22-16(3)23-20)12-17-6-4-5-7-19(17)21/h4-7,14,26H,8-13H2,1-3H3/t14-/m1/s1. The van der Waals surface area contributed by atoms with Crippen molar-refractivity contribution in [1.82, 2.24) is 14.9 Å². The number of piperazine rings is 1. The molecule has 1 N–H and O–H groups in total. The molecule has 1 aliphatic heterocycles. The van der Waals surface area contributed by atoms with Crippen LogP contribution >= 0.6 is 11.6 Å². The summed E-state index contributed by atoms with van der Waals surface area (Å²) in [7, 11) is 0. The van der Waals surface area contributed by atoms with E-state index in [0.29, 0.717) is 0 Å². The first-order chi connectivity index (χ1) is 12.4. The van der Waals surface area contributed by atoms with Crippen LogP contribution in [0.1, 0.15) is 29.6 Å². The second-order valence-electron chi connectivity index (χ2n) is 7.06. The summed E-state index contributed by atoms with van der Waals surface area (Å²) in [6.07, 6.45) is 0.440. The lowest BCUT2D eigenvalue weighted by molar-refractivity contribution is 0.122. The van der Waals surface area contributed by atoms with Crippen molar-refractivity contribution in [2.24, 2.45) is 0 Å². The highest BCUT2D eigenvalue weighted by molar-refractivity contribution is 6.31. The molecular weight excluding hydrogens is 348 g/mol. The Balaban J connectivity index is 1.84. The number of aromatic nitrogens is 2. The van der Waals surface area contributed by atoms with Crippen molar-refractivity contribution >= 4 is 17.4 Å². The predicted octanol–water partition coefficient (Wildman–Crippen LogP) is 2.84. The van der Waals surface area contributed by atoms with E-state index in [1.165, 1.54) is 0 Å². The maximum Gasteiger partial charge on any atom is 0.136 e. The Kier molecular flexibility index (Phi) is 6.12. The van der Waals surface area contributed by atoms with Crippen LogP contribution in [0.15, 0.2) is 24.3 Å². The number of anilines is 1. The van der Waals surface area contributed by atoms with Crippen LogP contribution in [0.2, 0.25) is 5.02 Å². The fourth-order valence-electron chi connectivity index (χ4n) is 3.53. The quantitative estimate of drug-likeness (QED) is 0.872. The molecule has 1 aliphatic rings. The molecule has 5 nitrogen and oxygen atoms in total. The summed E-state index contributed by atoms with van der Waals surface area (Å²) in [5.74, 6) is 1.82. The van der Waals surface area contributed by atoms with Crippen molar-refractivity contribution < 1.29 is 5.11 Å². The van der Waals surface area contributed by atoms with Gasteiger partial charge in [-0.25, -0.2) is 9.97 Å². The third kappa shape index (κ3) is 4.53. The second-order valence-corrected chi connectivity index (χ2v) is 7.47. The molecule has 1 atom stereocenters. The van der Waals surface area contributed by atoms with E-state index < -0.39 is 0 Å². The lowest BCUT2D eigenvalue weighted by Gasteiger charge is -2.37. The van der Waals surface area contributed by atoms with Gasteiger partial charge in [-0.05, 0) is 32.4 Å². The van der Waals surface area contributed by atoms with Crippen molar-refractivity contribution in [2.45, 2.75) is 33.3 Å². The number of halogens is 1. The topological polar surface area (TPSA) is 52.5 Å². The molecule has 26 heavy (non-hydrogen) atoms. The predicted molar refractivity (Wildman–Crippen MR) is 106 cm³/mol. The monoisotopic (exact) mass is 374 g/mol. The van der Waals surface area contributed by atoms with Gasteiger partial charge in [-0.15, -0.1) is 0 Å². The van der Waals surface area contributed by atoms with Crippen LogP contribution in [0.4, 0.5) is 5.82 Å². The van der Waals surface area contributed by atoms with Gasteiger partial charge in [-0.2, -0.15) is 0 Å². The molecule has 2 aromatic rings. The Morgan fingerprint density at radius 2 is 1.81 bits per heavy atom. The minimum absolute atomic E-state index is 0.291. The van der Waals surface area contributed by atoms with Crippen LogP contribution < -0.4 is 4.90 Å². The molecule has 0 radical (unpaired) electrons. The number of rotatable bonds is 5. The van der Waals surface area contributed by atoms with E-state index in [0.717, 1.165) is 72.6 Å². The molecule has 0 aliphatic carbocycles. The molecule has 2 heterocycles. The van der Waals surface area contributed by atoms with E-state index in [9.17, 15) is 5.11 Å². The normalized spacial score (nSPS) is 16.7. The van der Waals surface area contributed by atoms with Crippen LogP contribution in [-0.2, 0) is 6.42 Å². The third-order valence-electron chi connectivity index (χ3n) is 4.82. The van der Waals surface area contributed by atoms with Crippen LogP contribution in [0, 0.1) is 13.8 Å². The zero-order valence-corrected chi connectivity index (χ0v) is 16.5. The number of hydrogen-bond acceptors (Lipinski definition) is 5. The minimum atomic E-state index is -0.291. The van der Waals surface area contributed by atoms with E-state index in [2.05, 4.69) is 20.9 Å². The zero-order valence-electron chi connectivity index (χ0n) is 15.7. The zero-order chi connectivity index (χ0) is 18.7. The number of aliphatic hydroxyl groups is 1. The SMILES string of the molecule is Cc1nc(C)c(Cc2ccccc2Cl)c(N2CCN(C[C@@H](C)O)CC2)n1. The summed E-state index contributed by atoms with van der Waals surface area (Å²) in [5.41, 5.74) is 3.25.